The molecule has 0 saturated carbocycles. The summed E-state index contributed by atoms with van der Waals surface area (Å²) < 4.78 is 0. The Hall–Kier alpha value is -3.97. The molecule has 1 unspecified atom stereocenters. The number of carbonyl (C=O) groups excluding carboxylic acids is 1. The van der Waals surface area contributed by atoms with Crippen LogP contribution >= 0.6 is 0 Å². The van der Waals surface area contributed by atoms with Crippen molar-refractivity contribution in [2.75, 3.05) is 11.9 Å². The number of aromatic carboxylic acids is 1. The van der Waals surface area contributed by atoms with Crippen molar-refractivity contribution in [3.8, 4) is 11.3 Å². The number of hydrogen-bond donors (Lipinski definition) is 4. The lowest BCUT2D eigenvalue weighted by Gasteiger charge is -2.16. The summed E-state index contributed by atoms with van der Waals surface area (Å²) in [6.07, 6.45) is 0.547. The molecule has 1 atom stereocenters. The molecule has 0 saturated heterocycles. The highest BCUT2D eigenvalue weighted by atomic mass is 16.4. The van der Waals surface area contributed by atoms with Crippen molar-refractivity contribution in [2.45, 2.75) is 12.3 Å². The number of hydrogen-bond acceptors (Lipinski definition) is 4. The first-order valence-corrected chi connectivity index (χ1v) is 9.94. The molecule has 0 aliphatic carbocycles. The van der Waals surface area contributed by atoms with Crippen LogP contribution in [0.15, 0.2) is 72.8 Å². The van der Waals surface area contributed by atoms with Gasteiger partial charge in [0, 0.05) is 16.6 Å². The number of rotatable bonds is 7. The van der Waals surface area contributed by atoms with E-state index in [0.29, 0.717) is 24.3 Å². The van der Waals surface area contributed by atoms with Gasteiger partial charge in [-0.2, -0.15) is 5.10 Å². The second-order valence-electron chi connectivity index (χ2n) is 7.24. The van der Waals surface area contributed by atoms with E-state index in [1.165, 1.54) is 0 Å². The predicted molar refractivity (Wildman–Crippen MR) is 120 cm³/mol. The van der Waals surface area contributed by atoms with Crippen LogP contribution in [0.1, 0.15) is 28.3 Å². The number of nitrogens with one attached hydrogen (secondary N) is 2. The lowest BCUT2D eigenvalue weighted by Crippen LogP contribution is -2.23. The monoisotopic (exact) mass is 414 g/mol. The average Bonchev–Trinajstić information content (AvgIpc) is 3.21. The van der Waals surface area contributed by atoms with Gasteiger partial charge < -0.3 is 16.2 Å². The molecule has 0 bridgehead atoms. The molecule has 0 radical (unpaired) electrons. The molecule has 3 aromatic carbocycles. The Morgan fingerprint density at radius 2 is 1.77 bits per heavy atom. The first-order chi connectivity index (χ1) is 15.1. The molecule has 0 aliphatic heterocycles. The van der Waals surface area contributed by atoms with Gasteiger partial charge in [-0.25, -0.2) is 4.79 Å². The highest BCUT2D eigenvalue weighted by Crippen LogP contribution is 2.29. The number of nitrogens with zero attached hydrogens (tertiary/aromatic N) is 1. The number of carboxylic acids is 1. The van der Waals surface area contributed by atoms with E-state index in [-0.39, 0.29) is 17.4 Å². The molecule has 5 N–H and O–H groups in total. The molecule has 31 heavy (non-hydrogen) atoms. The van der Waals surface area contributed by atoms with Crippen LogP contribution in [0.5, 0.6) is 0 Å². The Morgan fingerprint density at radius 1 is 1.03 bits per heavy atom. The van der Waals surface area contributed by atoms with Crippen LogP contribution in [-0.4, -0.2) is 33.7 Å². The molecular weight excluding hydrogens is 392 g/mol. The van der Waals surface area contributed by atoms with E-state index in [1.54, 1.807) is 24.3 Å². The zero-order valence-corrected chi connectivity index (χ0v) is 16.7. The maximum absolute atomic E-state index is 13.0. The number of anilines is 1. The molecule has 7 heteroatoms. The summed E-state index contributed by atoms with van der Waals surface area (Å²) in [5, 5.41) is 20.3. The number of aromatic nitrogens is 2. The molecule has 4 aromatic rings. The summed E-state index contributed by atoms with van der Waals surface area (Å²) in [5.41, 5.74) is 9.82. The van der Waals surface area contributed by atoms with Crippen molar-refractivity contribution >= 4 is 28.5 Å². The van der Waals surface area contributed by atoms with Gasteiger partial charge in [-0.1, -0.05) is 42.5 Å². The standard InChI is InChI=1S/C24H22N4O3/c25-13-12-19(15-4-2-1-3-5-15)23(29)26-18-10-11-21-20(14-18)22(28-27-21)16-6-8-17(9-7-16)24(30)31/h1-11,14,19H,12-13,25H2,(H,26,29)(H,27,28)(H,30,31). The van der Waals surface area contributed by atoms with Gasteiger partial charge in [-0.05, 0) is 48.9 Å². The highest BCUT2D eigenvalue weighted by Gasteiger charge is 2.20. The summed E-state index contributed by atoms with van der Waals surface area (Å²) in [4.78, 5) is 24.1. The van der Waals surface area contributed by atoms with Crippen molar-refractivity contribution in [1.82, 2.24) is 10.2 Å². The van der Waals surface area contributed by atoms with E-state index in [2.05, 4.69) is 15.5 Å². The quantitative estimate of drug-likeness (QED) is 0.364. The average molecular weight is 414 g/mol. The number of benzene rings is 3. The third-order valence-electron chi connectivity index (χ3n) is 5.21. The Kier molecular flexibility index (Phi) is 5.77. The summed E-state index contributed by atoms with van der Waals surface area (Å²) in [6, 6.07) is 21.6. The number of carbonyl (C=O) groups is 2. The van der Waals surface area contributed by atoms with Crippen molar-refractivity contribution in [3.63, 3.8) is 0 Å². The number of aromatic amines is 1. The maximum Gasteiger partial charge on any atom is 0.335 e. The second-order valence-corrected chi connectivity index (χ2v) is 7.24. The smallest absolute Gasteiger partial charge is 0.335 e. The summed E-state index contributed by atoms with van der Waals surface area (Å²) >= 11 is 0. The van der Waals surface area contributed by atoms with Gasteiger partial charge in [-0.15, -0.1) is 0 Å². The third kappa shape index (κ3) is 4.31. The van der Waals surface area contributed by atoms with Gasteiger partial charge in [0.25, 0.3) is 0 Å². The van der Waals surface area contributed by atoms with Gasteiger partial charge in [0.15, 0.2) is 0 Å². The summed E-state index contributed by atoms with van der Waals surface area (Å²) in [5.74, 6) is -1.44. The molecule has 0 fully saturated rings. The first kappa shape index (κ1) is 20.3. The third-order valence-corrected chi connectivity index (χ3v) is 5.21. The zero-order chi connectivity index (χ0) is 21.8. The fourth-order valence-corrected chi connectivity index (χ4v) is 3.61. The lowest BCUT2D eigenvalue weighted by atomic mass is 9.94. The number of nitrogens with two attached hydrogens (primary N) is 1. The van der Waals surface area contributed by atoms with Crippen LogP contribution in [0, 0.1) is 0 Å². The first-order valence-electron chi connectivity index (χ1n) is 9.94. The van der Waals surface area contributed by atoms with Gasteiger partial charge in [0.05, 0.1) is 22.7 Å². The van der Waals surface area contributed by atoms with Crippen molar-refractivity contribution in [3.05, 3.63) is 83.9 Å². The Labute approximate surface area is 178 Å². The molecule has 1 aromatic heterocycles. The largest absolute Gasteiger partial charge is 0.478 e. The number of carboxylic acid groups (broad SMARTS) is 1. The van der Waals surface area contributed by atoms with Crippen LogP contribution in [-0.2, 0) is 4.79 Å². The van der Waals surface area contributed by atoms with Crippen LogP contribution < -0.4 is 11.1 Å². The van der Waals surface area contributed by atoms with E-state index in [1.807, 2.05) is 48.5 Å². The highest BCUT2D eigenvalue weighted by molar-refractivity contribution is 6.00. The van der Waals surface area contributed by atoms with E-state index in [9.17, 15) is 9.59 Å². The molecule has 4 rings (SSSR count). The summed E-state index contributed by atoms with van der Waals surface area (Å²) in [7, 11) is 0. The second kappa shape index (κ2) is 8.81. The van der Waals surface area contributed by atoms with Gasteiger partial charge in [-0.3, -0.25) is 9.89 Å². The van der Waals surface area contributed by atoms with Crippen molar-refractivity contribution in [1.29, 1.82) is 0 Å². The molecule has 1 heterocycles. The fourth-order valence-electron chi connectivity index (χ4n) is 3.61. The van der Waals surface area contributed by atoms with Crippen LogP contribution in [0.4, 0.5) is 5.69 Å². The number of fused-ring (bicyclic) bond motifs is 1. The predicted octanol–water partition coefficient (Wildman–Crippen LogP) is 4.00. The Bertz CT molecular complexity index is 1220. The number of amides is 1. The molecule has 0 spiro atoms. The topological polar surface area (TPSA) is 121 Å². The van der Waals surface area contributed by atoms with Crippen LogP contribution in [0.3, 0.4) is 0 Å². The Balaban J connectivity index is 1.62. The van der Waals surface area contributed by atoms with E-state index < -0.39 is 5.97 Å². The molecule has 1 amide bonds. The van der Waals surface area contributed by atoms with Gasteiger partial charge in [0.1, 0.15) is 0 Å². The number of H-pyrrole nitrogens is 1. The maximum atomic E-state index is 13.0. The molecule has 0 aliphatic rings. The van der Waals surface area contributed by atoms with Crippen LogP contribution in [0.2, 0.25) is 0 Å². The normalized spacial score (nSPS) is 11.9. The van der Waals surface area contributed by atoms with E-state index in [0.717, 1.165) is 22.0 Å². The minimum atomic E-state index is -0.978. The molecule has 156 valence electrons. The van der Waals surface area contributed by atoms with Crippen molar-refractivity contribution in [2.24, 2.45) is 5.73 Å². The zero-order valence-electron chi connectivity index (χ0n) is 16.7. The SMILES string of the molecule is NCCC(C(=O)Nc1ccc2[nH]nc(-c3ccc(C(=O)O)cc3)c2c1)c1ccccc1. The Morgan fingerprint density at radius 3 is 2.45 bits per heavy atom. The molecule has 7 nitrogen and oxygen atoms in total. The fraction of sp³-hybridized carbons (Fsp3) is 0.125. The minimum absolute atomic E-state index is 0.119. The van der Waals surface area contributed by atoms with E-state index >= 15 is 0 Å². The van der Waals surface area contributed by atoms with Gasteiger partial charge >= 0.3 is 5.97 Å². The van der Waals surface area contributed by atoms with E-state index in [4.69, 9.17) is 10.8 Å². The minimum Gasteiger partial charge on any atom is -0.478 e. The van der Waals surface area contributed by atoms with Crippen LogP contribution in [0.25, 0.3) is 22.2 Å². The summed E-state index contributed by atoms with van der Waals surface area (Å²) in [6.45, 7) is 0.407. The van der Waals surface area contributed by atoms with Crippen molar-refractivity contribution < 1.29 is 14.7 Å². The molecular formula is C24H22N4O3. The van der Waals surface area contributed by atoms with Gasteiger partial charge in [0.2, 0.25) is 5.91 Å². The lowest BCUT2D eigenvalue weighted by molar-refractivity contribution is -0.117.